The highest BCUT2D eigenvalue weighted by molar-refractivity contribution is 5.74. The maximum atomic E-state index is 11.2. The summed E-state index contributed by atoms with van der Waals surface area (Å²) in [6.07, 6.45) is 0.520. The number of esters is 2. The minimum atomic E-state index is -0.956. The van der Waals surface area contributed by atoms with E-state index in [4.69, 9.17) is 0 Å². The molecule has 1 unspecified atom stereocenters. The second kappa shape index (κ2) is 7.24. The van der Waals surface area contributed by atoms with E-state index in [1.54, 1.807) is 6.92 Å². The third-order valence-electron chi connectivity index (χ3n) is 2.49. The first-order valence-corrected chi connectivity index (χ1v) is 5.43. The van der Waals surface area contributed by atoms with Gasteiger partial charge in [0.05, 0.1) is 32.9 Å². The molecule has 17 heavy (non-hydrogen) atoms. The number of carbonyl (C=O) groups excluding carboxylic acids is 2. The Hall–Kier alpha value is -1.14. The minimum absolute atomic E-state index is 0.0538. The van der Waals surface area contributed by atoms with Crippen LogP contribution < -0.4 is 0 Å². The van der Waals surface area contributed by atoms with Gasteiger partial charge < -0.3 is 14.6 Å². The van der Waals surface area contributed by atoms with Gasteiger partial charge in [0.1, 0.15) is 0 Å². The molecule has 0 aromatic heterocycles. The summed E-state index contributed by atoms with van der Waals surface area (Å²) in [4.78, 5) is 23.8. The van der Waals surface area contributed by atoms with E-state index < -0.39 is 17.5 Å². The molecule has 0 aliphatic heterocycles. The Morgan fingerprint density at radius 3 is 1.88 bits per heavy atom. The second-order valence-corrected chi connectivity index (χ2v) is 4.15. The van der Waals surface area contributed by atoms with E-state index in [0.717, 1.165) is 0 Å². The molecule has 0 saturated carbocycles. The average Bonchev–Trinajstić information content (AvgIpc) is 2.28. The van der Waals surface area contributed by atoms with E-state index in [9.17, 15) is 14.7 Å². The van der Waals surface area contributed by atoms with Crippen molar-refractivity contribution >= 4 is 11.9 Å². The van der Waals surface area contributed by atoms with Gasteiger partial charge in [0.15, 0.2) is 0 Å². The number of rotatable bonds is 7. The number of ether oxygens (including phenoxy) is 2. The van der Waals surface area contributed by atoms with Crippen molar-refractivity contribution in [3.63, 3.8) is 0 Å². The summed E-state index contributed by atoms with van der Waals surface area (Å²) in [6.45, 7) is 3.57. The lowest BCUT2D eigenvalue weighted by Gasteiger charge is -2.29. The van der Waals surface area contributed by atoms with E-state index in [2.05, 4.69) is 9.47 Å². The quantitative estimate of drug-likeness (QED) is 0.628. The predicted octanol–water partition coefficient (Wildman–Crippen LogP) is -0.205. The first-order chi connectivity index (χ1) is 7.84. The molecule has 6 nitrogen and oxygen atoms in total. The van der Waals surface area contributed by atoms with Gasteiger partial charge in [-0.1, -0.05) is 6.92 Å². The molecular weight excluding hydrogens is 226 g/mol. The molecule has 100 valence electrons. The molecular formula is C11H21NO5. The number of hydrogen-bond acceptors (Lipinski definition) is 6. The van der Waals surface area contributed by atoms with Gasteiger partial charge in [0.2, 0.25) is 0 Å². The van der Waals surface area contributed by atoms with Crippen LogP contribution in [0.15, 0.2) is 0 Å². The zero-order valence-electron chi connectivity index (χ0n) is 10.9. The van der Waals surface area contributed by atoms with Gasteiger partial charge in [0.25, 0.3) is 0 Å². The van der Waals surface area contributed by atoms with E-state index in [1.807, 2.05) is 6.92 Å². The van der Waals surface area contributed by atoms with Crippen LogP contribution in [0.3, 0.4) is 0 Å². The molecule has 0 rings (SSSR count). The third kappa shape index (κ3) is 6.91. The molecule has 1 atom stereocenters. The van der Waals surface area contributed by atoms with Gasteiger partial charge in [-0.2, -0.15) is 0 Å². The summed E-state index contributed by atoms with van der Waals surface area (Å²) in [6, 6.07) is 0. The van der Waals surface area contributed by atoms with Crippen molar-refractivity contribution in [1.82, 2.24) is 4.90 Å². The predicted molar refractivity (Wildman–Crippen MR) is 61.4 cm³/mol. The third-order valence-corrected chi connectivity index (χ3v) is 2.49. The summed E-state index contributed by atoms with van der Waals surface area (Å²) in [7, 11) is 2.55. The second-order valence-electron chi connectivity index (χ2n) is 4.15. The van der Waals surface area contributed by atoms with Crippen molar-refractivity contribution in [2.45, 2.75) is 25.9 Å². The first kappa shape index (κ1) is 15.9. The van der Waals surface area contributed by atoms with Gasteiger partial charge in [-0.25, -0.2) is 0 Å². The molecule has 0 radical (unpaired) electrons. The van der Waals surface area contributed by atoms with Crippen LogP contribution in [0.2, 0.25) is 0 Å². The topological polar surface area (TPSA) is 76.1 Å². The maximum absolute atomic E-state index is 11.2. The highest BCUT2D eigenvalue weighted by atomic mass is 16.5. The Balaban J connectivity index is 4.50. The number of aliphatic hydroxyl groups is 1. The van der Waals surface area contributed by atoms with Crippen LogP contribution in [0.25, 0.3) is 0 Å². The minimum Gasteiger partial charge on any atom is -0.468 e. The van der Waals surface area contributed by atoms with Gasteiger partial charge >= 0.3 is 11.9 Å². The summed E-state index contributed by atoms with van der Waals surface area (Å²) in [5.74, 6) is -0.915. The fourth-order valence-electron chi connectivity index (χ4n) is 1.26. The van der Waals surface area contributed by atoms with Crippen LogP contribution in [-0.2, 0) is 19.1 Å². The van der Waals surface area contributed by atoms with Gasteiger partial charge in [-0.05, 0) is 13.3 Å². The zero-order valence-corrected chi connectivity index (χ0v) is 10.9. The van der Waals surface area contributed by atoms with E-state index in [0.29, 0.717) is 6.42 Å². The standard InChI is InChI=1S/C11H21NO5/c1-5-11(2,15)8-12(6-9(13)16-3)7-10(14)17-4/h15H,5-8H2,1-4H3. The molecule has 0 fully saturated rings. The van der Waals surface area contributed by atoms with Crippen LogP contribution in [-0.4, -0.2) is 61.4 Å². The van der Waals surface area contributed by atoms with Gasteiger partial charge in [-0.3, -0.25) is 14.5 Å². The number of carbonyl (C=O) groups is 2. The molecule has 0 bridgehead atoms. The van der Waals surface area contributed by atoms with Crippen molar-refractivity contribution in [2.75, 3.05) is 33.9 Å². The lowest BCUT2D eigenvalue weighted by molar-refractivity contribution is -0.146. The van der Waals surface area contributed by atoms with Crippen LogP contribution in [0, 0.1) is 0 Å². The van der Waals surface area contributed by atoms with E-state index in [-0.39, 0.29) is 19.6 Å². The van der Waals surface area contributed by atoms with Crippen molar-refractivity contribution in [2.24, 2.45) is 0 Å². The van der Waals surface area contributed by atoms with E-state index in [1.165, 1.54) is 19.1 Å². The SMILES string of the molecule is CCC(C)(O)CN(CC(=O)OC)CC(=O)OC. The van der Waals surface area contributed by atoms with Crippen LogP contribution in [0.5, 0.6) is 0 Å². The molecule has 0 aromatic rings. The Kier molecular flexibility index (Phi) is 6.75. The first-order valence-electron chi connectivity index (χ1n) is 5.43. The highest BCUT2D eigenvalue weighted by Gasteiger charge is 2.25. The smallest absolute Gasteiger partial charge is 0.319 e. The average molecular weight is 247 g/mol. The molecule has 0 saturated heterocycles. The summed E-state index contributed by atoms with van der Waals surface area (Å²) in [5, 5.41) is 9.92. The van der Waals surface area contributed by atoms with Crippen LogP contribution >= 0.6 is 0 Å². The van der Waals surface area contributed by atoms with Crippen molar-refractivity contribution in [1.29, 1.82) is 0 Å². The highest BCUT2D eigenvalue weighted by Crippen LogP contribution is 2.10. The molecule has 0 aromatic carbocycles. The molecule has 0 spiro atoms. The van der Waals surface area contributed by atoms with Gasteiger partial charge in [-0.15, -0.1) is 0 Å². The molecule has 1 N–H and O–H groups in total. The number of methoxy groups -OCH3 is 2. The van der Waals surface area contributed by atoms with Crippen molar-refractivity contribution in [3.8, 4) is 0 Å². The van der Waals surface area contributed by atoms with Crippen LogP contribution in [0.1, 0.15) is 20.3 Å². The largest absolute Gasteiger partial charge is 0.468 e. The lowest BCUT2D eigenvalue weighted by Crippen LogP contribution is -2.45. The Bertz CT molecular complexity index is 247. The Morgan fingerprint density at radius 1 is 1.18 bits per heavy atom. The van der Waals surface area contributed by atoms with Crippen molar-refractivity contribution in [3.05, 3.63) is 0 Å². The maximum Gasteiger partial charge on any atom is 0.319 e. The zero-order chi connectivity index (χ0) is 13.5. The molecule has 0 amide bonds. The van der Waals surface area contributed by atoms with Crippen LogP contribution in [0.4, 0.5) is 0 Å². The summed E-state index contributed by atoms with van der Waals surface area (Å²) >= 11 is 0. The fraction of sp³-hybridized carbons (Fsp3) is 0.818. The summed E-state index contributed by atoms with van der Waals surface area (Å²) in [5.41, 5.74) is -0.956. The fourth-order valence-corrected chi connectivity index (χ4v) is 1.26. The lowest BCUT2D eigenvalue weighted by atomic mass is 10.0. The molecule has 6 heteroatoms. The summed E-state index contributed by atoms with van der Waals surface area (Å²) < 4.78 is 9.06. The Labute approximate surface area is 101 Å². The number of hydrogen-bond donors (Lipinski definition) is 1. The number of nitrogens with zero attached hydrogens (tertiary/aromatic N) is 1. The normalized spacial score (nSPS) is 14.2. The molecule has 0 aliphatic carbocycles. The van der Waals surface area contributed by atoms with Gasteiger partial charge in [0, 0.05) is 6.54 Å². The van der Waals surface area contributed by atoms with Crippen molar-refractivity contribution < 1.29 is 24.2 Å². The monoisotopic (exact) mass is 247 g/mol. The van der Waals surface area contributed by atoms with E-state index >= 15 is 0 Å². The molecule has 0 heterocycles. The Morgan fingerprint density at radius 2 is 1.59 bits per heavy atom. The molecule has 0 aliphatic rings.